The van der Waals surface area contributed by atoms with Crippen molar-refractivity contribution in [3.63, 3.8) is 0 Å². The molecule has 2 aromatic carbocycles. The minimum atomic E-state index is -3.82. The van der Waals surface area contributed by atoms with Crippen LogP contribution in [0.15, 0.2) is 41.3 Å². The van der Waals surface area contributed by atoms with E-state index < -0.39 is 16.3 Å². The van der Waals surface area contributed by atoms with Crippen LogP contribution in [0.3, 0.4) is 0 Å². The average Bonchev–Trinajstić information content (AvgIpc) is 3.19. The van der Waals surface area contributed by atoms with Gasteiger partial charge in [-0.25, -0.2) is 8.42 Å². The molecule has 0 fully saturated rings. The van der Waals surface area contributed by atoms with Gasteiger partial charge in [0.05, 0.1) is 18.6 Å². The lowest BCUT2D eigenvalue weighted by Crippen LogP contribution is -2.38. The van der Waals surface area contributed by atoms with Crippen molar-refractivity contribution in [1.29, 1.82) is 0 Å². The van der Waals surface area contributed by atoms with Crippen molar-refractivity contribution in [2.45, 2.75) is 24.7 Å². The molecule has 8 nitrogen and oxygen atoms in total. The Balaban J connectivity index is 1.99. The summed E-state index contributed by atoms with van der Waals surface area (Å²) in [6, 6.07) is 10.2. The number of ether oxygens (including phenoxy) is 5. The van der Waals surface area contributed by atoms with Gasteiger partial charge in [0, 0.05) is 26.3 Å². The summed E-state index contributed by atoms with van der Waals surface area (Å²) in [4.78, 5) is 0.189. The number of hydrogen-bond acceptors (Lipinski definition) is 7. The third kappa shape index (κ3) is 4.48. The minimum Gasteiger partial charge on any atom is -0.492 e. The van der Waals surface area contributed by atoms with Crippen molar-refractivity contribution in [2.24, 2.45) is 0 Å². The molecule has 9 heteroatoms. The molecule has 158 valence electrons. The van der Waals surface area contributed by atoms with Gasteiger partial charge in [0.25, 0.3) is 0 Å². The van der Waals surface area contributed by atoms with E-state index in [-0.39, 0.29) is 24.8 Å². The van der Waals surface area contributed by atoms with E-state index in [0.29, 0.717) is 22.8 Å². The third-order valence-electron chi connectivity index (χ3n) is 4.66. The Morgan fingerprint density at radius 3 is 2.34 bits per heavy atom. The fourth-order valence-corrected chi connectivity index (χ4v) is 4.45. The first-order valence-corrected chi connectivity index (χ1v) is 10.4. The lowest BCUT2D eigenvalue weighted by atomic mass is 10.1. The summed E-state index contributed by atoms with van der Waals surface area (Å²) >= 11 is 0. The Bertz CT molecular complexity index is 940. The molecule has 1 heterocycles. The quantitative estimate of drug-likeness (QED) is 0.573. The molecule has 1 aliphatic heterocycles. The molecule has 0 saturated heterocycles. The number of nitrogens with zero attached hydrogens (tertiary/aromatic N) is 1. The molecule has 0 radical (unpaired) electrons. The van der Waals surface area contributed by atoms with Crippen LogP contribution in [0.4, 0.5) is 0 Å². The van der Waals surface area contributed by atoms with Gasteiger partial charge < -0.3 is 23.7 Å². The third-order valence-corrected chi connectivity index (χ3v) is 6.49. The van der Waals surface area contributed by atoms with Crippen molar-refractivity contribution < 1.29 is 32.1 Å². The van der Waals surface area contributed by atoms with Gasteiger partial charge in [0.15, 0.2) is 17.8 Å². The van der Waals surface area contributed by atoms with E-state index in [9.17, 15) is 8.42 Å². The largest absolute Gasteiger partial charge is 0.492 e. The number of rotatable bonds is 9. The Labute approximate surface area is 170 Å². The van der Waals surface area contributed by atoms with Gasteiger partial charge in [0.2, 0.25) is 22.6 Å². The molecule has 0 amide bonds. The van der Waals surface area contributed by atoms with E-state index in [0.717, 1.165) is 5.56 Å². The summed E-state index contributed by atoms with van der Waals surface area (Å²) in [6.07, 6.45) is -0.727. The summed E-state index contributed by atoms with van der Waals surface area (Å²) in [6.45, 7) is 2.04. The Hall–Kier alpha value is -2.33. The lowest BCUT2D eigenvalue weighted by molar-refractivity contribution is -0.108. The summed E-state index contributed by atoms with van der Waals surface area (Å²) < 4.78 is 54.9. The maximum absolute atomic E-state index is 13.4. The first kappa shape index (κ1) is 21.4. The highest BCUT2D eigenvalue weighted by molar-refractivity contribution is 7.89. The first-order valence-electron chi connectivity index (χ1n) is 8.98. The van der Waals surface area contributed by atoms with Crippen LogP contribution >= 0.6 is 0 Å². The molecule has 0 bridgehead atoms. The van der Waals surface area contributed by atoms with E-state index >= 15 is 0 Å². The van der Waals surface area contributed by atoms with Crippen LogP contribution in [0.2, 0.25) is 0 Å². The SMILES string of the molecule is COc1c(CN(CC(OC)OC)S(=O)(=O)c2ccc(C)cc2)ccc2c1OCO2. The summed E-state index contributed by atoms with van der Waals surface area (Å²) in [5.41, 5.74) is 1.61. The molecule has 3 rings (SSSR count). The highest BCUT2D eigenvalue weighted by Gasteiger charge is 2.30. The van der Waals surface area contributed by atoms with Gasteiger partial charge in [-0.2, -0.15) is 4.31 Å². The summed E-state index contributed by atoms with van der Waals surface area (Å²) in [5, 5.41) is 0. The van der Waals surface area contributed by atoms with E-state index in [2.05, 4.69) is 0 Å². The second kappa shape index (κ2) is 9.00. The lowest BCUT2D eigenvalue weighted by Gasteiger charge is -2.26. The summed E-state index contributed by atoms with van der Waals surface area (Å²) in [7, 11) is 0.611. The van der Waals surface area contributed by atoms with Crippen LogP contribution < -0.4 is 14.2 Å². The average molecular weight is 423 g/mol. The number of benzene rings is 2. The van der Waals surface area contributed by atoms with Gasteiger partial charge >= 0.3 is 0 Å². The maximum Gasteiger partial charge on any atom is 0.243 e. The number of sulfonamides is 1. The first-order chi connectivity index (χ1) is 13.9. The van der Waals surface area contributed by atoms with Crippen molar-refractivity contribution in [3.05, 3.63) is 47.5 Å². The number of methoxy groups -OCH3 is 3. The topological polar surface area (TPSA) is 83.5 Å². The zero-order valence-electron chi connectivity index (χ0n) is 16.9. The van der Waals surface area contributed by atoms with Crippen LogP contribution in [0.5, 0.6) is 17.2 Å². The minimum absolute atomic E-state index is 0.000800. The molecule has 0 spiro atoms. The monoisotopic (exact) mass is 423 g/mol. The van der Waals surface area contributed by atoms with Crippen LogP contribution in [0.25, 0.3) is 0 Å². The van der Waals surface area contributed by atoms with Crippen molar-refractivity contribution in [3.8, 4) is 17.2 Å². The van der Waals surface area contributed by atoms with Gasteiger partial charge in [0.1, 0.15) is 0 Å². The molecule has 0 N–H and O–H groups in total. The van der Waals surface area contributed by atoms with E-state index in [1.54, 1.807) is 36.4 Å². The maximum atomic E-state index is 13.4. The molecule has 1 aliphatic rings. The number of hydrogen-bond donors (Lipinski definition) is 0. The van der Waals surface area contributed by atoms with Gasteiger partial charge in [-0.3, -0.25) is 0 Å². The van der Waals surface area contributed by atoms with Crippen molar-refractivity contribution >= 4 is 10.0 Å². The zero-order chi connectivity index (χ0) is 21.0. The molecule has 0 unspecified atom stereocenters. The Kier molecular flexibility index (Phi) is 6.63. The van der Waals surface area contributed by atoms with E-state index in [1.165, 1.54) is 25.6 Å². The highest BCUT2D eigenvalue weighted by Crippen LogP contribution is 2.43. The molecule has 0 aromatic heterocycles. The standard InChI is InChI=1S/C20H25NO7S/c1-14-5-8-16(9-6-14)29(22,23)21(12-18(24-2)25-3)11-15-7-10-17-20(19(15)26-4)28-13-27-17/h5-10,18H,11-13H2,1-4H3. The predicted octanol–water partition coefficient (Wildman–Crippen LogP) is 2.54. The van der Waals surface area contributed by atoms with Gasteiger partial charge in [-0.15, -0.1) is 0 Å². The van der Waals surface area contributed by atoms with Gasteiger partial charge in [-0.05, 0) is 25.1 Å². The summed E-state index contributed by atoms with van der Waals surface area (Å²) in [5.74, 6) is 1.47. The molecular weight excluding hydrogens is 398 g/mol. The predicted molar refractivity (Wildman–Crippen MR) is 106 cm³/mol. The molecule has 0 saturated carbocycles. The zero-order valence-corrected chi connectivity index (χ0v) is 17.7. The van der Waals surface area contributed by atoms with Crippen molar-refractivity contribution in [1.82, 2.24) is 4.31 Å². The second-order valence-corrected chi connectivity index (χ2v) is 8.44. The molecule has 2 aromatic rings. The van der Waals surface area contributed by atoms with Crippen LogP contribution in [0.1, 0.15) is 11.1 Å². The van der Waals surface area contributed by atoms with Crippen LogP contribution in [-0.2, 0) is 26.0 Å². The molecular formula is C20H25NO7S. The smallest absolute Gasteiger partial charge is 0.243 e. The fourth-order valence-electron chi connectivity index (χ4n) is 3.04. The number of fused-ring (bicyclic) bond motifs is 1. The second-order valence-electron chi connectivity index (χ2n) is 6.50. The van der Waals surface area contributed by atoms with E-state index in [1.807, 2.05) is 6.92 Å². The number of aryl methyl sites for hydroxylation is 1. The molecule has 0 atom stereocenters. The Morgan fingerprint density at radius 2 is 1.72 bits per heavy atom. The van der Waals surface area contributed by atoms with Crippen LogP contribution in [0, 0.1) is 6.92 Å². The van der Waals surface area contributed by atoms with Crippen molar-refractivity contribution in [2.75, 3.05) is 34.7 Å². The molecule has 0 aliphatic carbocycles. The Morgan fingerprint density at radius 1 is 1.03 bits per heavy atom. The normalized spacial score (nSPS) is 13.3. The van der Waals surface area contributed by atoms with Crippen LogP contribution in [-0.4, -0.2) is 53.7 Å². The van der Waals surface area contributed by atoms with Gasteiger partial charge in [-0.1, -0.05) is 23.8 Å². The molecule has 29 heavy (non-hydrogen) atoms. The highest BCUT2D eigenvalue weighted by atomic mass is 32.2. The fraction of sp³-hybridized carbons (Fsp3) is 0.400. The van der Waals surface area contributed by atoms with E-state index in [4.69, 9.17) is 23.7 Å².